The number of methoxy groups -OCH3 is 1. The summed E-state index contributed by atoms with van der Waals surface area (Å²) in [5.74, 6) is 0.143. The predicted octanol–water partition coefficient (Wildman–Crippen LogP) is 0.686. The van der Waals surface area contributed by atoms with Gasteiger partial charge in [0.25, 0.3) is 0 Å². The van der Waals surface area contributed by atoms with Gasteiger partial charge in [-0.15, -0.1) is 0 Å². The molecule has 2 atom stereocenters. The molecule has 1 unspecified atom stereocenters. The number of likely N-dealkylation sites (tertiary alicyclic amines) is 1. The number of ether oxygens (including phenoxy) is 1. The van der Waals surface area contributed by atoms with E-state index >= 15 is 0 Å². The molecular weight excluding hydrogens is 292 g/mol. The molecule has 0 aromatic rings. The first-order valence-corrected chi connectivity index (χ1v) is 9.53. The number of carbonyl (C=O) groups is 1. The summed E-state index contributed by atoms with van der Waals surface area (Å²) < 4.78 is 29.8. The summed E-state index contributed by atoms with van der Waals surface area (Å²) in [6, 6.07) is -0.155. The Morgan fingerprint density at radius 3 is 2.62 bits per heavy atom. The molecule has 2 rings (SSSR count). The first-order chi connectivity index (χ1) is 9.91. The summed E-state index contributed by atoms with van der Waals surface area (Å²) in [6.45, 7) is 2.87. The maximum Gasteiger partial charge on any atom is 0.323 e. The van der Waals surface area contributed by atoms with E-state index in [0.29, 0.717) is 19.0 Å². The summed E-state index contributed by atoms with van der Waals surface area (Å²) in [7, 11) is -1.68. The van der Waals surface area contributed by atoms with Crippen LogP contribution in [0, 0.1) is 5.92 Å². The fourth-order valence-electron chi connectivity index (χ4n) is 3.42. The lowest BCUT2D eigenvalue weighted by atomic mass is 9.95. The van der Waals surface area contributed by atoms with Gasteiger partial charge in [-0.3, -0.25) is 9.69 Å². The normalized spacial score (nSPS) is 29.2. The second-order valence-corrected chi connectivity index (χ2v) is 8.14. The zero-order chi connectivity index (χ0) is 15.5. The van der Waals surface area contributed by atoms with Crippen LogP contribution in [0.4, 0.5) is 0 Å². The number of hydrogen-bond acceptors (Lipinski definition) is 5. The van der Waals surface area contributed by atoms with Crippen LogP contribution >= 0.6 is 0 Å². The molecule has 0 amide bonds. The Kier molecular flexibility index (Phi) is 5.62. The number of sulfonamides is 1. The molecule has 7 heteroatoms. The third-order valence-electron chi connectivity index (χ3n) is 4.53. The first kappa shape index (κ1) is 16.7. The zero-order valence-electron chi connectivity index (χ0n) is 13.0. The SMILES string of the molecule is COC(=O)[C@H]1CCCCN1CC1CCCN(S(C)(=O)=O)C1. The van der Waals surface area contributed by atoms with Gasteiger partial charge in [-0.1, -0.05) is 6.42 Å². The number of piperidine rings is 2. The quantitative estimate of drug-likeness (QED) is 0.713. The molecule has 2 saturated heterocycles. The maximum absolute atomic E-state index is 11.9. The minimum Gasteiger partial charge on any atom is -0.468 e. The highest BCUT2D eigenvalue weighted by Crippen LogP contribution is 2.24. The maximum atomic E-state index is 11.9. The van der Waals surface area contributed by atoms with Crippen molar-refractivity contribution in [3.05, 3.63) is 0 Å². The van der Waals surface area contributed by atoms with E-state index in [1.54, 1.807) is 4.31 Å². The van der Waals surface area contributed by atoms with Crippen molar-refractivity contribution < 1.29 is 17.9 Å². The lowest BCUT2D eigenvalue weighted by molar-refractivity contribution is -0.148. The van der Waals surface area contributed by atoms with Gasteiger partial charge in [-0.05, 0) is 38.1 Å². The molecule has 0 spiro atoms. The molecule has 0 radical (unpaired) electrons. The largest absolute Gasteiger partial charge is 0.468 e. The topological polar surface area (TPSA) is 66.9 Å². The van der Waals surface area contributed by atoms with Gasteiger partial charge in [0.05, 0.1) is 13.4 Å². The number of rotatable bonds is 4. The third-order valence-corrected chi connectivity index (χ3v) is 5.80. The van der Waals surface area contributed by atoms with Crippen LogP contribution in [-0.4, -0.2) is 69.2 Å². The summed E-state index contributed by atoms with van der Waals surface area (Å²) in [6.07, 6.45) is 6.18. The lowest BCUT2D eigenvalue weighted by Gasteiger charge is -2.39. The smallest absolute Gasteiger partial charge is 0.323 e. The van der Waals surface area contributed by atoms with E-state index in [0.717, 1.165) is 45.2 Å². The van der Waals surface area contributed by atoms with Gasteiger partial charge in [-0.2, -0.15) is 0 Å². The van der Waals surface area contributed by atoms with Gasteiger partial charge in [0, 0.05) is 19.6 Å². The van der Waals surface area contributed by atoms with Crippen molar-refractivity contribution in [3.8, 4) is 0 Å². The van der Waals surface area contributed by atoms with Crippen LogP contribution in [0.5, 0.6) is 0 Å². The summed E-state index contributed by atoms with van der Waals surface area (Å²) >= 11 is 0. The Bertz CT molecular complexity index is 466. The predicted molar refractivity (Wildman–Crippen MR) is 80.4 cm³/mol. The average molecular weight is 318 g/mol. The van der Waals surface area contributed by atoms with Crippen LogP contribution in [0.3, 0.4) is 0 Å². The number of nitrogens with zero attached hydrogens (tertiary/aromatic N) is 2. The number of esters is 1. The Balaban J connectivity index is 1.97. The molecular formula is C14H26N2O4S. The first-order valence-electron chi connectivity index (χ1n) is 7.69. The molecule has 0 saturated carbocycles. The van der Waals surface area contributed by atoms with Gasteiger partial charge in [-0.25, -0.2) is 12.7 Å². The fourth-order valence-corrected chi connectivity index (χ4v) is 4.36. The van der Waals surface area contributed by atoms with Crippen LogP contribution < -0.4 is 0 Å². The van der Waals surface area contributed by atoms with Crippen molar-refractivity contribution in [1.82, 2.24) is 9.21 Å². The highest BCUT2D eigenvalue weighted by Gasteiger charge is 2.33. The van der Waals surface area contributed by atoms with Crippen molar-refractivity contribution in [2.45, 2.75) is 38.1 Å². The molecule has 21 heavy (non-hydrogen) atoms. The van der Waals surface area contributed by atoms with Gasteiger partial charge < -0.3 is 4.74 Å². The highest BCUT2D eigenvalue weighted by atomic mass is 32.2. The van der Waals surface area contributed by atoms with Gasteiger partial charge in [0.15, 0.2) is 0 Å². The van der Waals surface area contributed by atoms with Crippen molar-refractivity contribution >= 4 is 16.0 Å². The van der Waals surface area contributed by atoms with Crippen LogP contribution in [0.25, 0.3) is 0 Å². The van der Waals surface area contributed by atoms with Gasteiger partial charge in [0.1, 0.15) is 6.04 Å². The summed E-state index contributed by atoms with van der Waals surface area (Å²) in [5.41, 5.74) is 0. The van der Waals surface area contributed by atoms with Gasteiger partial charge in [0.2, 0.25) is 10.0 Å². The molecule has 2 aliphatic rings. The third kappa shape index (κ3) is 4.40. The Morgan fingerprint density at radius 2 is 1.95 bits per heavy atom. The van der Waals surface area contributed by atoms with Crippen molar-refractivity contribution in [1.29, 1.82) is 0 Å². The van der Waals surface area contributed by atoms with Crippen molar-refractivity contribution in [2.75, 3.05) is 39.5 Å². The zero-order valence-corrected chi connectivity index (χ0v) is 13.8. The molecule has 122 valence electrons. The minimum atomic E-state index is -3.11. The second kappa shape index (κ2) is 7.07. The van der Waals surface area contributed by atoms with Crippen LogP contribution in [-0.2, 0) is 19.6 Å². The molecule has 2 heterocycles. The van der Waals surface area contributed by atoms with E-state index in [1.165, 1.54) is 13.4 Å². The van der Waals surface area contributed by atoms with Crippen molar-refractivity contribution in [3.63, 3.8) is 0 Å². The monoisotopic (exact) mass is 318 g/mol. The average Bonchev–Trinajstić information content (AvgIpc) is 2.46. The molecule has 2 aliphatic heterocycles. The second-order valence-electron chi connectivity index (χ2n) is 6.16. The van der Waals surface area contributed by atoms with E-state index in [1.807, 2.05) is 0 Å². The Hall–Kier alpha value is -0.660. The number of hydrogen-bond donors (Lipinski definition) is 0. The summed E-state index contributed by atoms with van der Waals surface area (Å²) in [5, 5.41) is 0. The van der Waals surface area contributed by atoms with Crippen LogP contribution in [0.2, 0.25) is 0 Å². The number of carbonyl (C=O) groups excluding carboxylic acids is 1. The van der Waals surface area contributed by atoms with E-state index in [4.69, 9.17) is 4.74 Å². The molecule has 0 aromatic heterocycles. The highest BCUT2D eigenvalue weighted by molar-refractivity contribution is 7.88. The fraction of sp³-hybridized carbons (Fsp3) is 0.929. The molecule has 0 bridgehead atoms. The van der Waals surface area contributed by atoms with E-state index < -0.39 is 10.0 Å². The molecule has 0 aromatic carbocycles. The van der Waals surface area contributed by atoms with E-state index in [2.05, 4.69) is 4.90 Å². The minimum absolute atomic E-state index is 0.155. The Labute approximate surface area is 127 Å². The lowest BCUT2D eigenvalue weighted by Crippen LogP contribution is -2.50. The standard InChI is InChI=1S/C14H26N2O4S/c1-20-14(17)13-7-3-4-8-15(13)10-12-6-5-9-16(11-12)21(2,18)19/h12-13H,3-11H2,1-2H3/t12?,13-/m1/s1. The molecule has 0 N–H and O–H groups in total. The van der Waals surface area contributed by atoms with E-state index in [-0.39, 0.29) is 12.0 Å². The van der Waals surface area contributed by atoms with Crippen LogP contribution in [0.1, 0.15) is 32.1 Å². The van der Waals surface area contributed by atoms with Crippen LogP contribution in [0.15, 0.2) is 0 Å². The van der Waals surface area contributed by atoms with Crippen molar-refractivity contribution in [2.24, 2.45) is 5.92 Å². The molecule has 0 aliphatic carbocycles. The molecule has 2 fully saturated rings. The summed E-state index contributed by atoms with van der Waals surface area (Å²) in [4.78, 5) is 14.1. The van der Waals surface area contributed by atoms with Gasteiger partial charge >= 0.3 is 5.97 Å². The van der Waals surface area contributed by atoms with E-state index in [9.17, 15) is 13.2 Å². The molecule has 6 nitrogen and oxygen atoms in total. The Morgan fingerprint density at radius 1 is 1.19 bits per heavy atom.